The Bertz CT molecular complexity index is 1470. The number of anilines is 1. The number of benzene rings is 2. The van der Waals surface area contributed by atoms with E-state index in [1.807, 2.05) is 43.3 Å². The van der Waals surface area contributed by atoms with E-state index in [1.165, 1.54) is 0 Å². The maximum absolute atomic E-state index is 13.7. The Morgan fingerprint density at radius 2 is 1.73 bits per heavy atom. The van der Waals surface area contributed by atoms with Crippen molar-refractivity contribution in [2.45, 2.75) is 39.2 Å². The second kappa shape index (κ2) is 7.56. The predicted molar refractivity (Wildman–Crippen MR) is 130 cm³/mol. The highest BCUT2D eigenvalue weighted by atomic mass is 35.5. The Hall–Kier alpha value is -3.44. The van der Waals surface area contributed by atoms with Crippen LogP contribution in [0.3, 0.4) is 0 Å². The fourth-order valence-corrected chi connectivity index (χ4v) is 4.50. The molecule has 4 aromatic rings. The molecule has 0 fully saturated rings. The number of halogens is 1. The highest BCUT2D eigenvalue weighted by molar-refractivity contribution is 6.31. The van der Waals surface area contributed by atoms with E-state index >= 15 is 0 Å². The number of hydrogen-bond donors (Lipinski definition) is 0. The Kier molecular flexibility index (Phi) is 4.91. The third-order valence-corrected chi connectivity index (χ3v) is 6.28. The topological polar surface area (TPSA) is 63.4 Å². The van der Waals surface area contributed by atoms with Crippen LogP contribution >= 0.6 is 11.6 Å². The lowest BCUT2D eigenvalue weighted by Gasteiger charge is -2.25. The average Bonchev–Trinajstić information content (AvgIpc) is 3.06. The number of carbonyl (C=O) groups excluding carboxylic acids is 1. The Labute approximate surface area is 196 Å². The summed E-state index contributed by atoms with van der Waals surface area (Å²) in [6.45, 7) is 8.29. The fourth-order valence-electron chi connectivity index (χ4n) is 4.33. The van der Waals surface area contributed by atoms with Crippen molar-refractivity contribution in [1.82, 2.24) is 4.98 Å². The highest BCUT2D eigenvalue weighted by Gasteiger charge is 2.44. The first kappa shape index (κ1) is 21.4. The summed E-state index contributed by atoms with van der Waals surface area (Å²) in [4.78, 5) is 33.4. The number of hydrogen-bond acceptors (Lipinski definition) is 4. The van der Waals surface area contributed by atoms with Gasteiger partial charge in [0.1, 0.15) is 11.4 Å². The normalized spacial score (nSPS) is 15.8. The van der Waals surface area contributed by atoms with Crippen molar-refractivity contribution in [3.05, 3.63) is 104 Å². The van der Waals surface area contributed by atoms with E-state index in [-0.39, 0.29) is 22.5 Å². The van der Waals surface area contributed by atoms with Crippen molar-refractivity contribution in [1.29, 1.82) is 0 Å². The van der Waals surface area contributed by atoms with Gasteiger partial charge < -0.3 is 4.42 Å². The van der Waals surface area contributed by atoms with Crippen molar-refractivity contribution >= 4 is 34.3 Å². The molecule has 5 nitrogen and oxygen atoms in total. The zero-order valence-electron chi connectivity index (χ0n) is 18.8. The molecule has 3 heterocycles. The van der Waals surface area contributed by atoms with E-state index in [1.54, 1.807) is 29.2 Å². The van der Waals surface area contributed by atoms with Gasteiger partial charge >= 0.3 is 0 Å². The van der Waals surface area contributed by atoms with Crippen molar-refractivity contribution in [3.63, 3.8) is 0 Å². The van der Waals surface area contributed by atoms with E-state index in [0.717, 1.165) is 16.8 Å². The van der Waals surface area contributed by atoms with Crippen LogP contribution in [-0.4, -0.2) is 10.9 Å². The van der Waals surface area contributed by atoms with E-state index in [2.05, 4.69) is 25.8 Å². The molecule has 0 aliphatic carbocycles. The zero-order chi connectivity index (χ0) is 23.5. The summed E-state index contributed by atoms with van der Waals surface area (Å²) in [5.41, 5.74) is 3.10. The SMILES string of the molecule is Cc1cccc(N2C(=O)c3oc4ccc(Cl)cc4c(=O)c3C2c2ccc(C(C)(C)C)cc2)n1. The summed E-state index contributed by atoms with van der Waals surface area (Å²) in [6.07, 6.45) is 0. The van der Waals surface area contributed by atoms with Gasteiger partial charge in [0.2, 0.25) is 5.76 Å². The molecule has 0 radical (unpaired) electrons. The quantitative estimate of drug-likeness (QED) is 0.359. The van der Waals surface area contributed by atoms with Crippen LogP contribution in [0.4, 0.5) is 5.82 Å². The molecule has 0 saturated carbocycles. The van der Waals surface area contributed by atoms with Crippen LogP contribution in [-0.2, 0) is 5.41 Å². The number of aromatic nitrogens is 1. The monoisotopic (exact) mass is 458 g/mol. The van der Waals surface area contributed by atoms with Crippen LogP contribution in [0, 0.1) is 6.92 Å². The molecule has 166 valence electrons. The lowest BCUT2D eigenvalue weighted by molar-refractivity contribution is 0.0970. The molecule has 0 bridgehead atoms. The summed E-state index contributed by atoms with van der Waals surface area (Å²) in [5, 5.41) is 0.784. The number of amides is 1. The number of aryl methyl sites for hydroxylation is 1. The summed E-state index contributed by atoms with van der Waals surface area (Å²) in [7, 11) is 0. The van der Waals surface area contributed by atoms with Gasteiger partial charge in [-0.3, -0.25) is 14.5 Å². The Morgan fingerprint density at radius 1 is 1.00 bits per heavy atom. The largest absolute Gasteiger partial charge is 0.450 e. The van der Waals surface area contributed by atoms with Gasteiger partial charge in [0.05, 0.1) is 17.0 Å². The average molecular weight is 459 g/mol. The number of fused-ring (bicyclic) bond motifs is 2. The second-order valence-corrected chi connectivity index (χ2v) is 9.84. The molecular formula is C27H23ClN2O3. The number of nitrogens with zero attached hydrogens (tertiary/aromatic N) is 2. The standard InChI is InChI=1S/C27H23ClN2O3/c1-15-6-5-7-21(29-15)30-23(16-8-10-17(11-9-16)27(2,3)4)22-24(31)19-14-18(28)12-13-20(19)33-25(22)26(30)32/h5-14,23H,1-4H3. The summed E-state index contributed by atoms with van der Waals surface area (Å²) in [6, 6.07) is 17.7. The lowest BCUT2D eigenvalue weighted by atomic mass is 9.86. The molecule has 33 heavy (non-hydrogen) atoms. The number of pyridine rings is 1. The number of carbonyl (C=O) groups is 1. The number of rotatable bonds is 2. The van der Waals surface area contributed by atoms with Gasteiger partial charge in [0, 0.05) is 10.7 Å². The van der Waals surface area contributed by atoms with Gasteiger partial charge in [0.25, 0.3) is 5.91 Å². The zero-order valence-corrected chi connectivity index (χ0v) is 19.6. The van der Waals surface area contributed by atoms with Crippen molar-refractivity contribution in [2.75, 3.05) is 4.90 Å². The van der Waals surface area contributed by atoms with Gasteiger partial charge in [-0.1, -0.05) is 62.7 Å². The molecule has 5 rings (SSSR count). The first-order valence-corrected chi connectivity index (χ1v) is 11.2. The first-order chi connectivity index (χ1) is 15.6. The lowest BCUT2D eigenvalue weighted by Crippen LogP contribution is -2.30. The van der Waals surface area contributed by atoms with E-state index in [0.29, 0.717) is 27.4 Å². The maximum atomic E-state index is 13.7. The Balaban J connectivity index is 1.78. The molecule has 1 unspecified atom stereocenters. The van der Waals surface area contributed by atoms with Crippen LogP contribution in [0.15, 0.2) is 69.9 Å². The van der Waals surface area contributed by atoms with Gasteiger partial charge in [-0.15, -0.1) is 0 Å². The first-order valence-electron chi connectivity index (χ1n) is 10.8. The molecule has 1 atom stereocenters. The van der Waals surface area contributed by atoms with Crippen molar-refractivity contribution in [2.24, 2.45) is 0 Å². The van der Waals surface area contributed by atoms with Crippen LogP contribution in [0.1, 0.15) is 59.8 Å². The summed E-state index contributed by atoms with van der Waals surface area (Å²) < 4.78 is 5.99. The molecule has 6 heteroatoms. The van der Waals surface area contributed by atoms with Crippen LogP contribution in [0.25, 0.3) is 11.0 Å². The predicted octanol–water partition coefficient (Wildman–Crippen LogP) is 6.20. The molecule has 2 aromatic carbocycles. The van der Waals surface area contributed by atoms with Gasteiger partial charge in [-0.2, -0.15) is 0 Å². The molecule has 0 saturated heterocycles. The fraction of sp³-hybridized carbons (Fsp3) is 0.222. The van der Waals surface area contributed by atoms with Gasteiger partial charge in [0.15, 0.2) is 5.43 Å². The second-order valence-electron chi connectivity index (χ2n) is 9.40. The third-order valence-electron chi connectivity index (χ3n) is 6.05. The minimum Gasteiger partial charge on any atom is -0.450 e. The third kappa shape index (κ3) is 3.53. The minimum atomic E-state index is -0.657. The van der Waals surface area contributed by atoms with Gasteiger partial charge in [-0.25, -0.2) is 4.98 Å². The maximum Gasteiger partial charge on any atom is 0.296 e. The van der Waals surface area contributed by atoms with Crippen LogP contribution in [0.2, 0.25) is 5.02 Å². The van der Waals surface area contributed by atoms with Crippen LogP contribution < -0.4 is 10.3 Å². The van der Waals surface area contributed by atoms with Crippen LogP contribution in [0.5, 0.6) is 0 Å². The summed E-state index contributed by atoms with van der Waals surface area (Å²) >= 11 is 6.16. The Morgan fingerprint density at radius 3 is 2.39 bits per heavy atom. The molecule has 0 N–H and O–H groups in total. The van der Waals surface area contributed by atoms with E-state index in [9.17, 15) is 9.59 Å². The van der Waals surface area contributed by atoms with Crippen molar-refractivity contribution < 1.29 is 9.21 Å². The smallest absolute Gasteiger partial charge is 0.296 e. The van der Waals surface area contributed by atoms with Gasteiger partial charge in [-0.05, 0) is 53.8 Å². The van der Waals surface area contributed by atoms with E-state index in [4.69, 9.17) is 16.0 Å². The molecule has 1 aliphatic rings. The van der Waals surface area contributed by atoms with Crippen molar-refractivity contribution in [3.8, 4) is 0 Å². The molecule has 2 aromatic heterocycles. The minimum absolute atomic E-state index is 0.0221. The highest BCUT2D eigenvalue weighted by Crippen LogP contribution is 2.41. The summed E-state index contributed by atoms with van der Waals surface area (Å²) in [5.74, 6) is 0.128. The van der Waals surface area contributed by atoms with E-state index < -0.39 is 6.04 Å². The molecule has 0 spiro atoms. The molecular weight excluding hydrogens is 436 g/mol. The molecule has 1 amide bonds. The molecule has 1 aliphatic heterocycles.